The molecule has 27 heavy (non-hydrogen) atoms. The van der Waals surface area contributed by atoms with Gasteiger partial charge in [-0.1, -0.05) is 17.3 Å². The first-order chi connectivity index (χ1) is 12.8. The van der Waals surface area contributed by atoms with Crippen LogP contribution >= 0.6 is 0 Å². The molecule has 9 heteroatoms. The predicted molar refractivity (Wildman–Crippen MR) is 91.3 cm³/mol. The van der Waals surface area contributed by atoms with Crippen molar-refractivity contribution < 1.29 is 33.0 Å². The van der Waals surface area contributed by atoms with Gasteiger partial charge in [-0.05, 0) is 19.1 Å². The van der Waals surface area contributed by atoms with E-state index in [1.165, 1.54) is 26.4 Å². The maximum absolute atomic E-state index is 13.4. The Bertz CT molecular complexity index is 785. The topological polar surface area (TPSA) is 95.5 Å². The first-order valence-corrected chi connectivity index (χ1v) is 8.41. The van der Waals surface area contributed by atoms with Crippen molar-refractivity contribution in [3.8, 4) is 0 Å². The van der Waals surface area contributed by atoms with Gasteiger partial charge in [0.25, 0.3) is 11.7 Å². The minimum Gasteiger partial charge on any atom is -0.465 e. The Balaban J connectivity index is 1.63. The zero-order valence-corrected chi connectivity index (χ0v) is 15.3. The number of halogens is 1. The number of carbonyl (C=O) groups is 2. The van der Waals surface area contributed by atoms with Gasteiger partial charge < -0.3 is 24.4 Å². The molecule has 0 saturated carbocycles. The molecule has 1 aromatic rings. The maximum atomic E-state index is 13.4. The molecule has 1 amide bonds. The molecule has 2 aliphatic heterocycles. The lowest BCUT2D eigenvalue weighted by Gasteiger charge is -2.24. The summed E-state index contributed by atoms with van der Waals surface area (Å²) in [5, 5.41) is 6.73. The average Bonchev–Trinajstić information content (AvgIpc) is 3.26. The highest BCUT2D eigenvalue weighted by atomic mass is 19.1. The molecule has 1 aromatic carbocycles. The van der Waals surface area contributed by atoms with E-state index in [4.69, 9.17) is 19.0 Å². The van der Waals surface area contributed by atoms with Crippen LogP contribution in [-0.4, -0.2) is 55.8 Å². The van der Waals surface area contributed by atoms with Gasteiger partial charge in [0.15, 0.2) is 0 Å². The molecule has 0 aromatic heterocycles. The van der Waals surface area contributed by atoms with Gasteiger partial charge in [0.1, 0.15) is 5.82 Å². The third-order valence-electron chi connectivity index (χ3n) is 4.69. The van der Waals surface area contributed by atoms with Crippen LogP contribution in [0.25, 0.3) is 0 Å². The highest BCUT2D eigenvalue weighted by Crippen LogP contribution is 2.31. The van der Waals surface area contributed by atoms with E-state index in [0.717, 1.165) is 0 Å². The first kappa shape index (κ1) is 19.2. The maximum Gasteiger partial charge on any atom is 0.366 e. The first-order valence-electron chi connectivity index (χ1n) is 8.41. The zero-order valence-electron chi connectivity index (χ0n) is 15.3. The molecule has 146 valence electrons. The lowest BCUT2D eigenvalue weighted by atomic mass is 9.94. The van der Waals surface area contributed by atoms with Crippen molar-refractivity contribution in [3.05, 3.63) is 35.6 Å². The van der Waals surface area contributed by atoms with Crippen molar-refractivity contribution in [2.45, 2.75) is 37.2 Å². The molecule has 0 bridgehead atoms. The van der Waals surface area contributed by atoms with Crippen molar-refractivity contribution in [1.82, 2.24) is 5.32 Å². The van der Waals surface area contributed by atoms with Crippen LogP contribution in [-0.2, 0) is 28.6 Å². The summed E-state index contributed by atoms with van der Waals surface area (Å²) in [5.74, 6) is -3.01. The quantitative estimate of drug-likeness (QED) is 0.770. The molecule has 2 unspecified atom stereocenters. The number of ether oxygens (including phenoxy) is 3. The number of nitrogens with one attached hydrogen (secondary N) is 1. The summed E-state index contributed by atoms with van der Waals surface area (Å²) in [6, 6.07) is 5.46. The Morgan fingerprint density at radius 1 is 1.37 bits per heavy atom. The number of amides is 1. The van der Waals surface area contributed by atoms with Gasteiger partial charge in [0, 0.05) is 25.5 Å². The molecule has 1 saturated heterocycles. The molecular weight excluding hydrogens is 359 g/mol. The molecule has 3 rings (SSSR count). The lowest BCUT2D eigenvalue weighted by Crippen LogP contribution is -2.50. The van der Waals surface area contributed by atoms with Gasteiger partial charge in [0.05, 0.1) is 25.5 Å². The summed E-state index contributed by atoms with van der Waals surface area (Å²) in [5.41, 5.74) is -0.207. The minimum atomic E-state index is -1.53. The molecule has 0 spiro atoms. The number of methoxy groups -OCH3 is 2. The van der Waals surface area contributed by atoms with E-state index in [-0.39, 0.29) is 19.4 Å². The summed E-state index contributed by atoms with van der Waals surface area (Å²) in [6.07, 6.45) is 0.290. The Kier molecular flexibility index (Phi) is 5.16. The summed E-state index contributed by atoms with van der Waals surface area (Å²) in [4.78, 5) is 30.0. The Labute approximate surface area is 155 Å². The van der Waals surface area contributed by atoms with Crippen LogP contribution in [0.4, 0.5) is 4.39 Å². The smallest absolute Gasteiger partial charge is 0.366 e. The van der Waals surface area contributed by atoms with E-state index in [2.05, 4.69) is 10.5 Å². The Morgan fingerprint density at radius 3 is 2.81 bits per heavy atom. The number of esters is 1. The van der Waals surface area contributed by atoms with Crippen LogP contribution in [0.15, 0.2) is 29.4 Å². The second-order valence-electron chi connectivity index (χ2n) is 6.68. The zero-order chi connectivity index (χ0) is 19.7. The molecule has 1 fully saturated rings. The Morgan fingerprint density at radius 2 is 2.15 bits per heavy atom. The van der Waals surface area contributed by atoms with E-state index in [1.54, 1.807) is 19.1 Å². The van der Waals surface area contributed by atoms with Crippen LogP contribution in [0.1, 0.15) is 25.3 Å². The van der Waals surface area contributed by atoms with Gasteiger partial charge in [-0.25, -0.2) is 9.18 Å². The fourth-order valence-electron chi connectivity index (χ4n) is 3.12. The van der Waals surface area contributed by atoms with E-state index >= 15 is 0 Å². The molecule has 3 atom stereocenters. The van der Waals surface area contributed by atoms with Crippen molar-refractivity contribution in [3.63, 3.8) is 0 Å². The monoisotopic (exact) mass is 380 g/mol. The third kappa shape index (κ3) is 3.65. The van der Waals surface area contributed by atoms with E-state index in [1.807, 2.05) is 0 Å². The van der Waals surface area contributed by atoms with Crippen molar-refractivity contribution in [1.29, 1.82) is 0 Å². The van der Waals surface area contributed by atoms with Gasteiger partial charge in [-0.15, -0.1) is 0 Å². The molecule has 1 N–H and O–H groups in total. The third-order valence-corrected chi connectivity index (χ3v) is 4.69. The molecule has 8 nitrogen and oxygen atoms in total. The van der Waals surface area contributed by atoms with Crippen LogP contribution in [0.5, 0.6) is 0 Å². The van der Waals surface area contributed by atoms with E-state index < -0.39 is 35.1 Å². The number of hydrogen-bond acceptors (Lipinski definition) is 7. The van der Waals surface area contributed by atoms with Crippen LogP contribution in [0.3, 0.4) is 0 Å². The second-order valence-corrected chi connectivity index (χ2v) is 6.68. The van der Waals surface area contributed by atoms with Gasteiger partial charge in [-0.2, -0.15) is 0 Å². The van der Waals surface area contributed by atoms with Crippen molar-refractivity contribution >= 4 is 17.6 Å². The number of benzene rings is 1. The number of rotatable bonds is 5. The van der Waals surface area contributed by atoms with E-state index in [0.29, 0.717) is 11.3 Å². The van der Waals surface area contributed by atoms with Gasteiger partial charge >= 0.3 is 5.97 Å². The molecular formula is C18H21FN2O6. The summed E-state index contributed by atoms with van der Waals surface area (Å²) in [7, 11) is 2.57. The lowest BCUT2D eigenvalue weighted by molar-refractivity contribution is -0.220. The van der Waals surface area contributed by atoms with Crippen LogP contribution in [0, 0.1) is 5.82 Å². The standard InChI is InChI=1S/C18H21FN2O6/c1-17(9-14(21-27-17)11-5-4-6-12(19)7-11)15(22)20-13-8-18(25-3,26-10-13)16(23)24-2/h4-7,13H,8-10H2,1-3H3,(H,20,22)/t13?,17?,18-/m1/s1. The number of oxime groups is 1. The highest BCUT2D eigenvalue weighted by molar-refractivity contribution is 6.05. The fraction of sp³-hybridized carbons (Fsp3) is 0.500. The second kappa shape index (κ2) is 7.24. The average molecular weight is 380 g/mol. The summed E-state index contributed by atoms with van der Waals surface area (Å²) < 4.78 is 28.7. The number of nitrogens with zero attached hydrogens (tertiary/aromatic N) is 1. The van der Waals surface area contributed by atoms with Crippen molar-refractivity contribution in [2.24, 2.45) is 5.16 Å². The summed E-state index contributed by atoms with van der Waals surface area (Å²) >= 11 is 0. The minimum absolute atomic E-state index is 0.0857. The molecule has 0 aliphatic carbocycles. The van der Waals surface area contributed by atoms with Crippen LogP contribution in [0.2, 0.25) is 0 Å². The van der Waals surface area contributed by atoms with E-state index in [9.17, 15) is 14.0 Å². The number of hydrogen-bond donors (Lipinski definition) is 1. The van der Waals surface area contributed by atoms with Crippen LogP contribution < -0.4 is 5.32 Å². The summed E-state index contributed by atoms with van der Waals surface area (Å²) in [6.45, 7) is 1.68. The molecule has 0 radical (unpaired) electrons. The number of carbonyl (C=O) groups excluding carboxylic acids is 2. The Hall–Kier alpha value is -2.52. The van der Waals surface area contributed by atoms with Gasteiger partial charge in [-0.3, -0.25) is 4.79 Å². The fourth-order valence-corrected chi connectivity index (χ4v) is 3.12. The van der Waals surface area contributed by atoms with Crippen molar-refractivity contribution in [2.75, 3.05) is 20.8 Å². The normalized spacial score (nSPS) is 29.8. The van der Waals surface area contributed by atoms with Gasteiger partial charge in [0.2, 0.25) is 5.60 Å². The molecule has 2 heterocycles. The largest absolute Gasteiger partial charge is 0.465 e. The highest BCUT2D eigenvalue weighted by Gasteiger charge is 2.51. The SMILES string of the molecule is COC(=O)[C@@]1(OC)CC(NC(=O)C2(C)CC(c3cccc(F)c3)=NO2)CO1. The predicted octanol–water partition coefficient (Wildman–Crippen LogP) is 1.13. The molecule has 2 aliphatic rings.